The van der Waals surface area contributed by atoms with Gasteiger partial charge >= 0.3 is 0 Å². The van der Waals surface area contributed by atoms with Crippen LogP contribution in [0, 0.1) is 0 Å². The van der Waals surface area contributed by atoms with Gasteiger partial charge in [0.25, 0.3) is 0 Å². The zero-order valence-corrected chi connectivity index (χ0v) is 9.14. The minimum absolute atomic E-state index is 0.509. The van der Waals surface area contributed by atoms with Crippen LogP contribution < -0.4 is 4.90 Å². The van der Waals surface area contributed by atoms with Crippen LogP contribution >= 0.6 is 11.6 Å². The molecule has 0 atom stereocenters. The van der Waals surface area contributed by atoms with Crippen LogP contribution in [0.4, 0.5) is 5.69 Å². The van der Waals surface area contributed by atoms with Crippen LogP contribution in [0.25, 0.3) is 5.57 Å². The third-order valence-electron chi connectivity index (χ3n) is 2.78. The molecule has 1 aliphatic heterocycles. The molecule has 14 heavy (non-hydrogen) atoms. The van der Waals surface area contributed by atoms with Crippen molar-refractivity contribution in [2.45, 2.75) is 6.42 Å². The van der Waals surface area contributed by atoms with Crippen molar-refractivity contribution in [1.29, 1.82) is 0 Å². The first-order chi connectivity index (χ1) is 6.72. The molecular weight excluding hydrogens is 194 g/mol. The molecule has 1 aliphatic rings. The first-order valence-electron chi connectivity index (χ1n) is 4.80. The molecule has 1 nitrogen and oxygen atoms in total. The predicted molar refractivity (Wildman–Crippen MR) is 63.2 cm³/mol. The Balaban J connectivity index is 2.37. The summed E-state index contributed by atoms with van der Waals surface area (Å²) in [5.41, 5.74) is 4.94. The van der Waals surface area contributed by atoms with E-state index in [4.69, 9.17) is 11.6 Å². The van der Waals surface area contributed by atoms with Crippen LogP contribution in [-0.2, 0) is 6.42 Å². The van der Waals surface area contributed by atoms with Gasteiger partial charge in [-0.1, -0.05) is 12.6 Å². The maximum absolute atomic E-state index is 5.76. The Hall–Kier alpha value is -0.950. The monoisotopic (exact) mass is 207 g/mol. The van der Waals surface area contributed by atoms with E-state index in [-0.39, 0.29) is 0 Å². The summed E-state index contributed by atoms with van der Waals surface area (Å²) in [6, 6.07) is 6.48. The van der Waals surface area contributed by atoms with Gasteiger partial charge in [0.2, 0.25) is 0 Å². The molecule has 2 heteroatoms. The Kier molecular flexibility index (Phi) is 2.51. The first-order valence-corrected chi connectivity index (χ1v) is 5.34. The number of hydrogen-bond acceptors (Lipinski definition) is 1. The summed E-state index contributed by atoms with van der Waals surface area (Å²) >= 11 is 5.76. The Morgan fingerprint density at radius 1 is 1.57 bits per heavy atom. The van der Waals surface area contributed by atoms with E-state index in [9.17, 15) is 0 Å². The lowest BCUT2D eigenvalue weighted by Gasteiger charge is -2.12. The number of hydrogen-bond donors (Lipinski definition) is 0. The predicted octanol–water partition coefficient (Wildman–Crippen LogP) is 2.93. The SMILES string of the molecule is C=C(CCl)c1ccc2c(c1)CCN2C. The number of fused-ring (bicyclic) bond motifs is 1. The smallest absolute Gasteiger partial charge is 0.0474 e. The first kappa shape index (κ1) is 9.60. The number of nitrogens with zero attached hydrogens (tertiary/aromatic N) is 1. The Morgan fingerprint density at radius 3 is 3.07 bits per heavy atom. The molecule has 0 unspecified atom stereocenters. The lowest BCUT2D eigenvalue weighted by molar-refractivity contribution is 0.956. The second-order valence-electron chi connectivity index (χ2n) is 3.75. The molecular formula is C12H14ClN. The number of benzene rings is 1. The van der Waals surface area contributed by atoms with Crippen molar-refractivity contribution in [3.05, 3.63) is 35.9 Å². The highest BCUT2D eigenvalue weighted by molar-refractivity contribution is 6.23. The fraction of sp³-hybridized carbons (Fsp3) is 0.333. The zero-order valence-electron chi connectivity index (χ0n) is 8.39. The number of alkyl halides is 1. The third-order valence-corrected chi connectivity index (χ3v) is 3.10. The molecule has 0 bridgehead atoms. The Bertz CT molecular complexity index is 371. The van der Waals surface area contributed by atoms with E-state index in [1.165, 1.54) is 16.8 Å². The summed E-state index contributed by atoms with van der Waals surface area (Å²) in [5.74, 6) is 0.509. The second kappa shape index (κ2) is 3.66. The van der Waals surface area contributed by atoms with Crippen LogP contribution in [0.5, 0.6) is 0 Å². The average Bonchev–Trinajstić information content (AvgIpc) is 2.59. The van der Waals surface area contributed by atoms with E-state index >= 15 is 0 Å². The standard InChI is InChI=1S/C12H14ClN/c1-9(8-13)10-3-4-12-11(7-10)5-6-14(12)2/h3-4,7H,1,5-6,8H2,2H3. The van der Waals surface area contributed by atoms with Crippen molar-refractivity contribution in [3.63, 3.8) is 0 Å². The largest absolute Gasteiger partial charge is 0.374 e. The van der Waals surface area contributed by atoms with Crippen molar-refractivity contribution >= 4 is 22.9 Å². The van der Waals surface area contributed by atoms with Gasteiger partial charge < -0.3 is 4.90 Å². The van der Waals surface area contributed by atoms with E-state index in [1.54, 1.807) is 0 Å². The van der Waals surface area contributed by atoms with E-state index in [0.717, 1.165) is 18.5 Å². The molecule has 0 aliphatic carbocycles. The molecule has 1 heterocycles. The van der Waals surface area contributed by atoms with Gasteiger partial charge in [-0.15, -0.1) is 11.6 Å². The summed E-state index contributed by atoms with van der Waals surface area (Å²) < 4.78 is 0. The molecule has 0 aromatic heterocycles. The molecule has 0 N–H and O–H groups in total. The summed E-state index contributed by atoms with van der Waals surface area (Å²) in [4.78, 5) is 2.28. The summed E-state index contributed by atoms with van der Waals surface area (Å²) in [6.45, 7) is 5.06. The van der Waals surface area contributed by atoms with Crippen LogP contribution in [0.2, 0.25) is 0 Å². The van der Waals surface area contributed by atoms with Gasteiger partial charge in [-0.2, -0.15) is 0 Å². The number of likely N-dealkylation sites (N-methyl/N-ethyl adjacent to an activating group) is 1. The minimum Gasteiger partial charge on any atom is -0.374 e. The van der Waals surface area contributed by atoms with Gasteiger partial charge in [-0.3, -0.25) is 0 Å². The van der Waals surface area contributed by atoms with Crippen LogP contribution in [0.1, 0.15) is 11.1 Å². The maximum atomic E-state index is 5.76. The summed E-state index contributed by atoms with van der Waals surface area (Å²) in [5, 5.41) is 0. The van der Waals surface area contributed by atoms with Crippen molar-refractivity contribution in [2.24, 2.45) is 0 Å². The topological polar surface area (TPSA) is 3.24 Å². The molecule has 0 saturated carbocycles. The van der Waals surface area contributed by atoms with Gasteiger partial charge in [0, 0.05) is 25.2 Å². The minimum atomic E-state index is 0.509. The maximum Gasteiger partial charge on any atom is 0.0474 e. The van der Waals surface area contributed by atoms with Crippen molar-refractivity contribution < 1.29 is 0 Å². The quantitative estimate of drug-likeness (QED) is 0.675. The Morgan fingerprint density at radius 2 is 2.36 bits per heavy atom. The van der Waals surface area contributed by atoms with Crippen molar-refractivity contribution in [2.75, 3.05) is 24.4 Å². The lowest BCUT2D eigenvalue weighted by atomic mass is 10.0. The average molecular weight is 208 g/mol. The van der Waals surface area contributed by atoms with E-state index in [2.05, 4.69) is 36.7 Å². The van der Waals surface area contributed by atoms with E-state index in [1.807, 2.05) is 0 Å². The summed E-state index contributed by atoms with van der Waals surface area (Å²) in [7, 11) is 2.13. The third kappa shape index (κ3) is 1.53. The van der Waals surface area contributed by atoms with Gasteiger partial charge in [0.1, 0.15) is 0 Å². The van der Waals surface area contributed by atoms with Crippen LogP contribution in [0.15, 0.2) is 24.8 Å². The molecule has 0 amide bonds. The molecule has 1 aromatic carbocycles. The van der Waals surface area contributed by atoms with Gasteiger partial charge in [0.05, 0.1) is 0 Å². The van der Waals surface area contributed by atoms with E-state index in [0.29, 0.717) is 5.88 Å². The zero-order chi connectivity index (χ0) is 10.1. The molecule has 0 radical (unpaired) electrons. The Labute approximate surface area is 90.0 Å². The van der Waals surface area contributed by atoms with Crippen molar-refractivity contribution in [1.82, 2.24) is 0 Å². The fourth-order valence-electron chi connectivity index (χ4n) is 1.86. The fourth-order valence-corrected chi connectivity index (χ4v) is 2.02. The molecule has 1 aromatic rings. The van der Waals surface area contributed by atoms with Crippen LogP contribution in [0.3, 0.4) is 0 Å². The second-order valence-corrected chi connectivity index (χ2v) is 4.02. The molecule has 0 fully saturated rings. The summed E-state index contributed by atoms with van der Waals surface area (Å²) in [6.07, 6.45) is 1.13. The molecule has 2 rings (SSSR count). The molecule has 0 saturated heterocycles. The van der Waals surface area contributed by atoms with Gasteiger partial charge in [0.15, 0.2) is 0 Å². The highest BCUT2D eigenvalue weighted by Crippen LogP contribution is 2.29. The van der Waals surface area contributed by atoms with Gasteiger partial charge in [-0.05, 0) is 35.3 Å². The number of rotatable bonds is 2. The number of anilines is 1. The lowest BCUT2D eigenvalue weighted by Crippen LogP contribution is -2.12. The van der Waals surface area contributed by atoms with E-state index < -0.39 is 0 Å². The van der Waals surface area contributed by atoms with Crippen LogP contribution in [-0.4, -0.2) is 19.5 Å². The highest BCUT2D eigenvalue weighted by atomic mass is 35.5. The van der Waals surface area contributed by atoms with Gasteiger partial charge in [-0.25, -0.2) is 0 Å². The van der Waals surface area contributed by atoms with Crippen molar-refractivity contribution in [3.8, 4) is 0 Å². The molecule has 0 spiro atoms. The number of halogens is 1. The highest BCUT2D eigenvalue weighted by Gasteiger charge is 2.15. The molecule has 74 valence electrons. The number of allylic oxidation sites excluding steroid dienone is 1. The normalized spacial score (nSPS) is 14.3.